The van der Waals surface area contributed by atoms with Crippen molar-refractivity contribution in [3.8, 4) is 0 Å². The standard InChI is InChI=1S/C10H17N3O/c1-4-14-10(2,3)9-12-6-8(5-11)7-13-9/h6-7H,4-5,11H2,1-3H3. The van der Waals surface area contributed by atoms with Gasteiger partial charge in [0.2, 0.25) is 0 Å². The molecule has 14 heavy (non-hydrogen) atoms. The normalized spacial score (nSPS) is 11.7. The zero-order valence-corrected chi connectivity index (χ0v) is 8.95. The molecule has 1 rings (SSSR count). The third-order valence-corrected chi connectivity index (χ3v) is 1.98. The zero-order chi connectivity index (χ0) is 10.6. The molecule has 0 atom stereocenters. The molecule has 0 saturated carbocycles. The predicted molar refractivity (Wildman–Crippen MR) is 54.6 cm³/mol. The van der Waals surface area contributed by atoms with Gasteiger partial charge in [0.15, 0.2) is 5.82 Å². The summed E-state index contributed by atoms with van der Waals surface area (Å²) in [6.07, 6.45) is 3.48. The second-order valence-corrected chi connectivity index (χ2v) is 3.56. The summed E-state index contributed by atoms with van der Waals surface area (Å²) in [5, 5.41) is 0. The maximum atomic E-state index is 5.53. The summed E-state index contributed by atoms with van der Waals surface area (Å²) in [6, 6.07) is 0. The van der Waals surface area contributed by atoms with E-state index in [0.717, 1.165) is 5.56 Å². The van der Waals surface area contributed by atoms with Gasteiger partial charge in [-0.3, -0.25) is 0 Å². The van der Waals surface area contributed by atoms with E-state index in [-0.39, 0.29) is 0 Å². The molecule has 0 bridgehead atoms. The van der Waals surface area contributed by atoms with Crippen LogP contribution in [0.15, 0.2) is 12.4 Å². The Morgan fingerprint density at radius 3 is 2.36 bits per heavy atom. The van der Waals surface area contributed by atoms with Crippen LogP contribution in [0.1, 0.15) is 32.2 Å². The summed E-state index contributed by atoms with van der Waals surface area (Å²) in [5.74, 6) is 0.691. The summed E-state index contributed by atoms with van der Waals surface area (Å²) in [4.78, 5) is 8.45. The van der Waals surface area contributed by atoms with Crippen LogP contribution in [0.5, 0.6) is 0 Å². The van der Waals surface area contributed by atoms with Gasteiger partial charge in [0.05, 0.1) is 0 Å². The number of hydrogen-bond donors (Lipinski definition) is 1. The Kier molecular flexibility index (Phi) is 3.55. The van der Waals surface area contributed by atoms with Gasteiger partial charge in [0.25, 0.3) is 0 Å². The highest BCUT2D eigenvalue weighted by Crippen LogP contribution is 2.20. The van der Waals surface area contributed by atoms with E-state index in [1.54, 1.807) is 12.4 Å². The second-order valence-electron chi connectivity index (χ2n) is 3.56. The summed E-state index contributed by atoms with van der Waals surface area (Å²) < 4.78 is 5.53. The lowest BCUT2D eigenvalue weighted by molar-refractivity contribution is -0.0208. The first-order chi connectivity index (χ1) is 6.60. The Morgan fingerprint density at radius 2 is 1.93 bits per heavy atom. The fourth-order valence-corrected chi connectivity index (χ4v) is 1.20. The predicted octanol–water partition coefficient (Wildman–Crippen LogP) is 1.21. The quantitative estimate of drug-likeness (QED) is 0.784. The van der Waals surface area contributed by atoms with Crippen molar-refractivity contribution in [3.63, 3.8) is 0 Å². The van der Waals surface area contributed by atoms with Crippen molar-refractivity contribution < 1.29 is 4.74 Å². The van der Waals surface area contributed by atoms with Crippen LogP contribution in [0.4, 0.5) is 0 Å². The Bertz CT molecular complexity index is 282. The lowest BCUT2D eigenvalue weighted by atomic mass is 10.1. The molecule has 0 aliphatic heterocycles. The van der Waals surface area contributed by atoms with Crippen molar-refractivity contribution in [2.45, 2.75) is 32.9 Å². The van der Waals surface area contributed by atoms with Crippen LogP contribution in [-0.4, -0.2) is 16.6 Å². The average molecular weight is 195 g/mol. The first-order valence-electron chi connectivity index (χ1n) is 4.75. The Labute approximate surface area is 84.5 Å². The molecule has 1 heterocycles. The highest BCUT2D eigenvalue weighted by Gasteiger charge is 2.23. The van der Waals surface area contributed by atoms with Crippen molar-refractivity contribution in [2.24, 2.45) is 5.73 Å². The van der Waals surface area contributed by atoms with Crippen LogP contribution in [0.2, 0.25) is 0 Å². The maximum Gasteiger partial charge on any atom is 0.159 e. The number of ether oxygens (including phenoxy) is 1. The molecule has 1 aromatic heterocycles. The van der Waals surface area contributed by atoms with Gasteiger partial charge in [0, 0.05) is 31.1 Å². The molecule has 1 aromatic rings. The molecule has 2 N–H and O–H groups in total. The molecule has 4 heteroatoms. The lowest BCUT2D eigenvalue weighted by Gasteiger charge is -2.22. The molecule has 0 spiro atoms. The van der Waals surface area contributed by atoms with Crippen LogP contribution >= 0.6 is 0 Å². The second kappa shape index (κ2) is 4.48. The summed E-state index contributed by atoms with van der Waals surface area (Å²) in [7, 11) is 0. The summed E-state index contributed by atoms with van der Waals surface area (Å²) >= 11 is 0. The molecular weight excluding hydrogens is 178 g/mol. The van der Waals surface area contributed by atoms with Crippen LogP contribution < -0.4 is 5.73 Å². The van der Waals surface area contributed by atoms with Gasteiger partial charge in [-0.25, -0.2) is 9.97 Å². The fourth-order valence-electron chi connectivity index (χ4n) is 1.20. The van der Waals surface area contributed by atoms with Gasteiger partial charge in [0.1, 0.15) is 5.60 Å². The SMILES string of the molecule is CCOC(C)(C)c1ncc(CN)cn1. The van der Waals surface area contributed by atoms with E-state index in [1.165, 1.54) is 0 Å². The number of rotatable bonds is 4. The van der Waals surface area contributed by atoms with Crippen molar-refractivity contribution in [3.05, 3.63) is 23.8 Å². The van der Waals surface area contributed by atoms with Crippen molar-refractivity contribution in [1.29, 1.82) is 0 Å². The number of aromatic nitrogens is 2. The van der Waals surface area contributed by atoms with Gasteiger partial charge >= 0.3 is 0 Å². The monoisotopic (exact) mass is 195 g/mol. The minimum Gasteiger partial charge on any atom is -0.368 e. The minimum absolute atomic E-state index is 0.429. The summed E-state index contributed by atoms with van der Waals surface area (Å²) in [5.41, 5.74) is 5.96. The molecule has 0 radical (unpaired) electrons. The molecule has 0 aliphatic rings. The number of hydrogen-bond acceptors (Lipinski definition) is 4. The van der Waals surface area contributed by atoms with Gasteiger partial charge in [-0.05, 0) is 20.8 Å². The summed E-state index contributed by atoms with van der Waals surface area (Å²) in [6.45, 7) is 6.97. The van der Waals surface area contributed by atoms with Crippen LogP contribution in [-0.2, 0) is 16.9 Å². The Hall–Kier alpha value is -1.00. The van der Waals surface area contributed by atoms with Crippen LogP contribution in [0.25, 0.3) is 0 Å². The number of nitrogens with two attached hydrogens (primary N) is 1. The van der Waals surface area contributed by atoms with Gasteiger partial charge in [-0.2, -0.15) is 0 Å². The van der Waals surface area contributed by atoms with Crippen molar-refractivity contribution >= 4 is 0 Å². The van der Waals surface area contributed by atoms with Crippen LogP contribution in [0.3, 0.4) is 0 Å². The average Bonchev–Trinajstić information content (AvgIpc) is 2.18. The third-order valence-electron chi connectivity index (χ3n) is 1.98. The number of nitrogens with zero attached hydrogens (tertiary/aromatic N) is 2. The van der Waals surface area contributed by atoms with Crippen molar-refractivity contribution in [2.75, 3.05) is 6.61 Å². The molecule has 0 unspecified atom stereocenters. The highest BCUT2D eigenvalue weighted by atomic mass is 16.5. The third kappa shape index (κ3) is 2.49. The molecule has 0 saturated heterocycles. The van der Waals surface area contributed by atoms with Gasteiger partial charge in [-0.15, -0.1) is 0 Å². The van der Waals surface area contributed by atoms with E-state index in [0.29, 0.717) is 19.0 Å². The van der Waals surface area contributed by atoms with E-state index in [4.69, 9.17) is 10.5 Å². The van der Waals surface area contributed by atoms with E-state index >= 15 is 0 Å². The maximum absolute atomic E-state index is 5.53. The van der Waals surface area contributed by atoms with Gasteiger partial charge < -0.3 is 10.5 Å². The topological polar surface area (TPSA) is 61.0 Å². The Morgan fingerprint density at radius 1 is 1.36 bits per heavy atom. The molecular formula is C10H17N3O. The first-order valence-corrected chi connectivity index (χ1v) is 4.75. The molecule has 0 amide bonds. The first kappa shape index (κ1) is 11.1. The van der Waals surface area contributed by atoms with E-state index in [2.05, 4.69) is 9.97 Å². The van der Waals surface area contributed by atoms with Crippen LogP contribution in [0, 0.1) is 0 Å². The van der Waals surface area contributed by atoms with E-state index in [1.807, 2.05) is 20.8 Å². The van der Waals surface area contributed by atoms with E-state index in [9.17, 15) is 0 Å². The molecule has 78 valence electrons. The smallest absolute Gasteiger partial charge is 0.159 e. The molecule has 0 fully saturated rings. The minimum atomic E-state index is -0.429. The highest BCUT2D eigenvalue weighted by molar-refractivity contribution is 5.07. The Balaban J connectivity index is 2.85. The molecule has 0 aromatic carbocycles. The van der Waals surface area contributed by atoms with Crippen molar-refractivity contribution in [1.82, 2.24) is 9.97 Å². The lowest BCUT2D eigenvalue weighted by Crippen LogP contribution is -2.24. The fraction of sp³-hybridized carbons (Fsp3) is 0.600. The zero-order valence-electron chi connectivity index (χ0n) is 8.95. The largest absolute Gasteiger partial charge is 0.368 e. The van der Waals surface area contributed by atoms with E-state index < -0.39 is 5.60 Å². The molecule has 4 nitrogen and oxygen atoms in total. The molecule has 0 aliphatic carbocycles. The van der Waals surface area contributed by atoms with Gasteiger partial charge in [-0.1, -0.05) is 0 Å².